The predicted octanol–water partition coefficient (Wildman–Crippen LogP) is 1.50. The number of rotatable bonds is 7. The van der Waals surface area contributed by atoms with Crippen molar-refractivity contribution in [3.8, 4) is 0 Å². The monoisotopic (exact) mass is 305 g/mol. The van der Waals surface area contributed by atoms with E-state index in [0.29, 0.717) is 23.2 Å². The van der Waals surface area contributed by atoms with Crippen molar-refractivity contribution in [2.75, 3.05) is 23.6 Å². The highest BCUT2D eigenvalue weighted by Crippen LogP contribution is 2.18. The molecule has 112 valence electrons. The summed E-state index contributed by atoms with van der Waals surface area (Å²) in [5.74, 6) is 6.57. The molecule has 0 radical (unpaired) electrons. The molecule has 2 rings (SSSR count). The van der Waals surface area contributed by atoms with Gasteiger partial charge in [0.1, 0.15) is 11.6 Å². The van der Waals surface area contributed by atoms with Crippen molar-refractivity contribution < 1.29 is 5.11 Å². The maximum absolute atomic E-state index is 9.55. The van der Waals surface area contributed by atoms with E-state index in [1.54, 1.807) is 6.07 Å². The molecule has 1 heterocycles. The predicted molar refractivity (Wildman–Crippen MR) is 86.3 cm³/mol. The van der Waals surface area contributed by atoms with E-state index >= 15 is 0 Å². The van der Waals surface area contributed by atoms with Crippen LogP contribution in [-0.2, 0) is 6.42 Å². The summed E-state index contributed by atoms with van der Waals surface area (Å²) in [6.07, 6.45) is 2.61. The van der Waals surface area contributed by atoms with Crippen LogP contribution >= 0.6 is 11.8 Å². The summed E-state index contributed by atoms with van der Waals surface area (Å²) in [5, 5.41) is 13.4. The van der Waals surface area contributed by atoms with Gasteiger partial charge in [-0.05, 0) is 18.2 Å². The summed E-state index contributed by atoms with van der Waals surface area (Å²) in [5.41, 5.74) is 3.67. The number of hydrazine groups is 1. The number of hydrogen-bond acceptors (Lipinski definition) is 7. The number of nitrogens with two attached hydrogens (primary N) is 1. The molecule has 0 aliphatic rings. The first-order valence-electron chi connectivity index (χ1n) is 6.56. The molecule has 0 fully saturated rings. The van der Waals surface area contributed by atoms with Gasteiger partial charge < -0.3 is 15.8 Å². The minimum atomic E-state index is -0.123. The molecule has 0 saturated heterocycles. The average Bonchev–Trinajstić information content (AvgIpc) is 2.54. The van der Waals surface area contributed by atoms with Gasteiger partial charge in [0.15, 0.2) is 5.16 Å². The molecular formula is C14H19N5OS. The molecule has 0 amide bonds. The van der Waals surface area contributed by atoms with Gasteiger partial charge in [-0.2, -0.15) is 0 Å². The zero-order valence-electron chi connectivity index (χ0n) is 11.8. The van der Waals surface area contributed by atoms with Crippen LogP contribution in [0.1, 0.15) is 5.56 Å². The summed E-state index contributed by atoms with van der Waals surface area (Å²) >= 11 is 1.43. The minimum absolute atomic E-state index is 0.0128. The molecule has 0 aliphatic heterocycles. The zero-order chi connectivity index (χ0) is 15.1. The fourth-order valence-corrected chi connectivity index (χ4v) is 2.31. The molecule has 21 heavy (non-hydrogen) atoms. The van der Waals surface area contributed by atoms with E-state index in [-0.39, 0.29) is 12.6 Å². The first-order chi connectivity index (χ1) is 10.2. The highest BCUT2D eigenvalue weighted by Gasteiger charge is 2.11. The van der Waals surface area contributed by atoms with Crippen molar-refractivity contribution in [1.82, 2.24) is 9.97 Å². The highest BCUT2D eigenvalue weighted by atomic mass is 32.2. The first kappa shape index (κ1) is 15.6. The third-order valence-corrected chi connectivity index (χ3v) is 3.48. The molecule has 7 heteroatoms. The quantitative estimate of drug-likeness (QED) is 0.266. The lowest BCUT2D eigenvalue weighted by Gasteiger charge is -2.17. The lowest BCUT2D eigenvalue weighted by Crippen LogP contribution is -2.27. The number of aromatic nitrogens is 2. The van der Waals surface area contributed by atoms with Gasteiger partial charge in [0.2, 0.25) is 0 Å². The van der Waals surface area contributed by atoms with Gasteiger partial charge in [0.25, 0.3) is 0 Å². The van der Waals surface area contributed by atoms with Crippen LogP contribution in [0.5, 0.6) is 0 Å². The highest BCUT2D eigenvalue weighted by molar-refractivity contribution is 7.98. The molecule has 0 aliphatic carbocycles. The van der Waals surface area contributed by atoms with E-state index in [1.165, 1.54) is 11.8 Å². The molecule has 1 atom stereocenters. The van der Waals surface area contributed by atoms with Gasteiger partial charge in [-0.15, -0.1) is 0 Å². The zero-order valence-corrected chi connectivity index (χ0v) is 12.6. The van der Waals surface area contributed by atoms with Crippen molar-refractivity contribution in [2.45, 2.75) is 17.6 Å². The number of nitrogen functional groups attached to an aromatic ring is 1. The Bertz CT molecular complexity index is 544. The van der Waals surface area contributed by atoms with Crippen molar-refractivity contribution in [2.24, 2.45) is 5.84 Å². The SMILES string of the molecule is CSc1nc(NN)cc(NC(CO)Cc2ccccc2)n1. The minimum Gasteiger partial charge on any atom is -0.394 e. The van der Waals surface area contributed by atoms with Gasteiger partial charge >= 0.3 is 0 Å². The Morgan fingerprint density at radius 3 is 2.57 bits per heavy atom. The molecule has 1 unspecified atom stereocenters. The Kier molecular flexibility index (Phi) is 5.79. The molecule has 0 bridgehead atoms. The Morgan fingerprint density at radius 1 is 1.24 bits per heavy atom. The van der Waals surface area contributed by atoms with E-state index in [4.69, 9.17) is 5.84 Å². The Labute approximate surface area is 128 Å². The number of anilines is 2. The van der Waals surface area contributed by atoms with Gasteiger partial charge in [-0.25, -0.2) is 15.8 Å². The van der Waals surface area contributed by atoms with E-state index in [2.05, 4.69) is 20.7 Å². The average molecular weight is 305 g/mol. The van der Waals surface area contributed by atoms with Crippen LogP contribution in [0.3, 0.4) is 0 Å². The first-order valence-corrected chi connectivity index (χ1v) is 7.78. The summed E-state index contributed by atoms with van der Waals surface area (Å²) in [7, 11) is 0. The number of aliphatic hydroxyl groups is 1. The van der Waals surface area contributed by atoms with Gasteiger partial charge in [0, 0.05) is 6.07 Å². The normalized spacial score (nSPS) is 12.0. The molecule has 6 nitrogen and oxygen atoms in total. The van der Waals surface area contributed by atoms with Crippen LogP contribution in [-0.4, -0.2) is 34.0 Å². The second-order valence-electron chi connectivity index (χ2n) is 4.48. The van der Waals surface area contributed by atoms with Crippen LogP contribution in [0.15, 0.2) is 41.6 Å². The maximum atomic E-state index is 9.55. The molecule has 0 spiro atoms. The fraction of sp³-hybridized carbons (Fsp3) is 0.286. The van der Waals surface area contributed by atoms with E-state index in [0.717, 1.165) is 5.56 Å². The summed E-state index contributed by atoms with van der Waals surface area (Å²) in [6, 6.07) is 11.6. The van der Waals surface area contributed by atoms with Crippen molar-refractivity contribution in [1.29, 1.82) is 0 Å². The van der Waals surface area contributed by atoms with Crippen molar-refractivity contribution in [3.63, 3.8) is 0 Å². The topological polar surface area (TPSA) is 96.1 Å². The number of nitrogens with one attached hydrogen (secondary N) is 2. The standard InChI is InChI=1S/C14H19N5OS/c1-21-14-17-12(8-13(18-14)19-15)16-11(9-20)7-10-5-3-2-4-6-10/h2-6,8,11,20H,7,9,15H2,1H3,(H2,16,17,18,19). The largest absolute Gasteiger partial charge is 0.394 e. The molecular weight excluding hydrogens is 286 g/mol. The third-order valence-electron chi connectivity index (χ3n) is 2.93. The van der Waals surface area contributed by atoms with Crippen LogP contribution in [0.4, 0.5) is 11.6 Å². The van der Waals surface area contributed by atoms with Gasteiger partial charge in [-0.1, -0.05) is 42.1 Å². The molecule has 2 aromatic rings. The number of nitrogens with zero attached hydrogens (tertiary/aromatic N) is 2. The Hall–Kier alpha value is -1.83. The molecule has 5 N–H and O–H groups in total. The summed E-state index contributed by atoms with van der Waals surface area (Å²) in [6.45, 7) is 0.0128. The number of benzene rings is 1. The lowest BCUT2D eigenvalue weighted by molar-refractivity contribution is 0.273. The molecule has 0 saturated carbocycles. The summed E-state index contributed by atoms with van der Waals surface area (Å²) < 4.78 is 0. The number of hydrogen-bond donors (Lipinski definition) is 4. The van der Waals surface area contributed by atoms with Crippen LogP contribution in [0.25, 0.3) is 0 Å². The van der Waals surface area contributed by atoms with Gasteiger partial charge in [-0.3, -0.25) is 0 Å². The third kappa shape index (κ3) is 4.59. The number of aliphatic hydroxyl groups excluding tert-OH is 1. The molecule has 1 aromatic carbocycles. The lowest BCUT2D eigenvalue weighted by atomic mass is 10.1. The Balaban J connectivity index is 2.11. The van der Waals surface area contributed by atoms with Crippen LogP contribution in [0.2, 0.25) is 0 Å². The smallest absolute Gasteiger partial charge is 0.191 e. The van der Waals surface area contributed by atoms with Crippen molar-refractivity contribution >= 4 is 23.4 Å². The second kappa shape index (κ2) is 7.82. The second-order valence-corrected chi connectivity index (χ2v) is 5.26. The summed E-state index contributed by atoms with van der Waals surface area (Å²) in [4.78, 5) is 8.56. The van der Waals surface area contributed by atoms with E-state index < -0.39 is 0 Å². The van der Waals surface area contributed by atoms with Crippen LogP contribution < -0.4 is 16.6 Å². The number of thioether (sulfide) groups is 1. The van der Waals surface area contributed by atoms with Crippen LogP contribution in [0, 0.1) is 0 Å². The van der Waals surface area contributed by atoms with E-state index in [9.17, 15) is 5.11 Å². The van der Waals surface area contributed by atoms with E-state index in [1.807, 2.05) is 36.6 Å². The maximum Gasteiger partial charge on any atom is 0.191 e. The van der Waals surface area contributed by atoms with Crippen molar-refractivity contribution in [3.05, 3.63) is 42.0 Å². The fourth-order valence-electron chi connectivity index (χ4n) is 1.93. The van der Waals surface area contributed by atoms with Gasteiger partial charge in [0.05, 0.1) is 12.6 Å². The molecule has 1 aromatic heterocycles. The Morgan fingerprint density at radius 2 is 1.95 bits per heavy atom.